The van der Waals surface area contributed by atoms with E-state index in [1.54, 1.807) is 19.2 Å². The molecule has 0 spiro atoms. The average molecular weight is 428 g/mol. The van der Waals surface area contributed by atoms with Gasteiger partial charge in [-0.25, -0.2) is 21.2 Å². The molecule has 1 fully saturated rings. The Hall–Kier alpha value is -1.97. The van der Waals surface area contributed by atoms with Crippen LogP contribution in [0.15, 0.2) is 47.4 Å². The third kappa shape index (κ3) is 4.37. The van der Waals surface area contributed by atoms with Crippen LogP contribution in [0.5, 0.6) is 5.75 Å². The van der Waals surface area contributed by atoms with Crippen LogP contribution in [0.1, 0.15) is 11.1 Å². The molecule has 2 aromatic rings. The average Bonchev–Trinajstić information content (AvgIpc) is 2.95. The Labute approximate surface area is 164 Å². The van der Waals surface area contributed by atoms with E-state index in [1.807, 2.05) is 12.1 Å². The highest BCUT2D eigenvalue weighted by molar-refractivity contribution is 7.96. The summed E-state index contributed by atoms with van der Waals surface area (Å²) in [4.78, 5) is -0.0350. The predicted molar refractivity (Wildman–Crippen MR) is 104 cm³/mol. The van der Waals surface area contributed by atoms with Gasteiger partial charge in [0.15, 0.2) is 19.7 Å². The lowest BCUT2D eigenvalue weighted by molar-refractivity contribution is 0.414. The number of rotatable bonds is 6. The van der Waals surface area contributed by atoms with Crippen molar-refractivity contribution in [2.75, 3.05) is 18.6 Å². The van der Waals surface area contributed by atoms with E-state index in [9.17, 15) is 21.2 Å². The second kappa shape index (κ2) is 7.81. The number of sulfone groups is 2. The zero-order valence-electron chi connectivity index (χ0n) is 15.6. The first-order chi connectivity index (χ1) is 13.1. The van der Waals surface area contributed by atoms with Crippen molar-refractivity contribution >= 4 is 19.7 Å². The smallest absolute Gasteiger partial charge is 0.184 e. The van der Waals surface area contributed by atoms with Crippen LogP contribution in [-0.4, -0.2) is 46.7 Å². The summed E-state index contributed by atoms with van der Waals surface area (Å²) in [5.41, 5.74) is 1.14. The number of halogens is 1. The fourth-order valence-corrected chi connectivity index (χ4v) is 8.34. The largest absolute Gasteiger partial charge is 0.497 e. The van der Waals surface area contributed by atoms with Crippen LogP contribution in [0.4, 0.5) is 4.39 Å². The van der Waals surface area contributed by atoms with Crippen molar-refractivity contribution in [1.29, 1.82) is 0 Å². The zero-order chi connectivity index (χ0) is 20.5. The van der Waals surface area contributed by atoms with Crippen LogP contribution in [0, 0.1) is 12.7 Å². The molecular formula is C19H22FNO5S2. The van der Waals surface area contributed by atoms with Gasteiger partial charge in [0.1, 0.15) is 11.6 Å². The quantitative estimate of drug-likeness (QED) is 0.708. The summed E-state index contributed by atoms with van der Waals surface area (Å²) in [7, 11) is -5.90. The maximum atomic E-state index is 13.4. The summed E-state index contributed by atoms with van der Waals surface area (Å²) in [6.45, 7) is 1.82. The van der Waals surface area contributed by atoms with Crippen LogP contribution in [-0.2, 0) is 26.2 Å². The van der Waals surface area contributed by atoms with Crippen molar-refractivity contribution in [2.45, 2.75) is 29.7 Å². The molecule has 2 atom stereocenters. The molecule has 2 aromatic carbocycles. The van der Waals surface area contributed by atoms with E-state index in [0.29, 0.717) is 12.3 Å². The Balaban J connectivity index is 1.85. The number of ether oxygens (including phenoxy) is 1. The first-order valence-electron chi connectivity index (χ1n) is 8.69. The van der Waals surface area contributed by atoms with Gasteiger partial charge in [-0.1, -0.05) is 12.1 Å². The summed E-state index contributed by atoms with van der Waals surface area (Å²) >= 11 is 0. The topological polar surface area (TPSA) is 89.5 Å². The molecule has 0 amide bonds. The highest BCUT2D eigenvalue weighted by Gasteiger charge is 2.46. The fourth-order valence-electron chi connectivity index (χ4n) is 3.40. The summed E-state index contributed by atoms with van der Waals surface area (Å²) in [5.74, 6) is -0.552. The standard InChI is InChI=1S/C19H22FNO5S2/c1-13-9-15(20)5-8-18(13)28(24,25)19-12-27(22,23)11-17(19)21-10-14-3-6-16(26-2)7-4-14/h3-9,17,19,21H,10-12H2,1-2H3/t17-,19-/m0/s1. The molecule has 152 valence electrons. The van der Waals surface area contributed by atoms with Crippen molar-refractivity contribution in [1.82, 2.24) is 5.32 Å². The molecule has 6 nitrogen and oxygen atoms in total. The molecule has 1 heterocycles. The van der Waals surface area contributed by atoms with Gasteiger partial charge >= 0.3 is 0 Å². The monoisotopic (exact) mass is 427 g/mol. The summed E-state index contributed by atoms with van der Waals surface area (Å²) in [6.07, 6.45) is 0. The lowest BCUT2D eigenvalue weighted by Gasteiger charge is -2.21. The molecule has 1 N–H and O–H groups in total. The van der Waals surface area contributed by atoms with Gasteiger partial charge in [-0.15, -0.1) is 0 Å². The minimum absolute atomic E-state index is 0.0350. The van der Waals surface area contributed by atoms with E-state index < -0.39 is 42.5 Å². The van der Waals surface area contributed by atoms with Crippen LogP contribution in [0.2, 0.25) is 0 Å². The molecule has 0 unspecified atom stereocenters. The molecule has 0 aromatic heterocycles. The van der Waals surface area contributed by atoms with E-state index in [2.05, 4.69) is 5.32 Å². The van der Waals surface area contributed by atoms with Crippen LogP contribution in [0.3, 0.4) is 0 Å². The third-order valence-electron chi connectivity index (χ3n) is 4.87. The highest BCUT2D eigenvalue weighted by atomic mass is 32.2. The van der Waals surface area contributed by atoms with Gasteiger partial charge in [-0.2, -0.15) is 0 Å². The number of benzene rings is 2. The molecule has 0 radical (unpaired) electrons. The molecule has 9 heteroatoms. The van der Waals surface area contributed by atoms with Gasteiger partial charge < -0.3 is 10.1 Å². The predicted octanol–water partition coefficient (Wildman–Crippen LogP) is 1.87. The first-order valence-corrected chi connectivity index (χ1v) is 12.1. The molecular weight excluding hydrogens is 405 g/mol. The first kappa shape index (κ1) is 20.8. The minimum Gasteiger partial charge on any atom is -0.497 e. The Kier molecular flexibility index (Phi) is 5.79. The third-order valence-corrected chi connectivity index (χ3v) is 9.18. The second-order valence-corrected chi connectivity index (χ2v) is 11.2. The Morgan fingerprint density at radius 2 is 1.82 bits per heavy atom. The Morgan fingerprint density at radius 1 is 1.14 bits per heavy atom. The SMILES string of the molecule is COc1ccc(CN[C@H]2CS(=O)(=O)C[C@@H]2S(=O)(=O)c2ccc(F)cc2C)cc1. The Morgan fingerprint density at radius 3 is 2.43 bits per heavy atom. The van der Waals surface area contributed by atoms with Crippen LogP contribution in [0.25, 0.3) is 0 Å². The summed E-state index contributed by atoms with van der Waals surface area (Å²) < 4.78 is 69.1. The number of aryl methyl sites for hydroxylation is 1. The summed E-state index contributed by atoms with van der Waals surface area (Å²) in [6, 6.07) is 9.86. The van der Waals surface area contributed by atoms with Crippen LogP contribution >= 0.6 is 0 Å². The van der Waals surface area contributed by atoms with Crippen molar-refractivity contribution in [2.24, 2.45) is 0 Å². The van der Waals surface area contributed by atoms with Gasteiger partial charge in [0.05, 0.1) is 28.8 Å². The Bertz CT molecular complexity index is 1070. The molecule has 1 saturated heterocycles. The summed E-state index contributed by atoms with van der Waals surface area (Å²) in [5, 5.41) is 1.95. The van der Waals surface area contributed by atoms with Gasteiger partial charge in [-0.05, 0) is 48.4 Å². The van der Waals surface area contributed by atoms with Crippen molar-refractivity contribution in [3.8, 4) is 5.75 Å². The van der Waals surface area contributed by atoms with Gasteiger partial charge in [-0.3, -0.25) is 0 Å². The van der Waals surface area contributed by atoms with Gasteiger partial charge in [0, 0.05) is 12.6 Å². The molecule has 1 aliphatic rings. The van der Waals surface area contributed by atoms with E-state index in [-0.39, 0.29) is 16.2 Å². The maximum absolute atomic E-state index is 13.4. The van der Waals surface area contributed by atoms with Gasteiger partial charge in [0.25, 0.3) is 0 Å². The van der Waals surface area contributed by atoms with E-state index in [4.69, 9.17) is 4.74 Å². The number of methoxy groups -OCH3 is 1. The van der Waals surface area contributed by atoms with Crippen molar-refractivity contribution < 1.29 is 26.0 Å². The normalized spacial score (nSPS) is 21.5. The fraction of sp³-hybridized carbons (Fsp3) is 0.368. The number of hydrogen-bond donors (Lipinski definition) is 1. The minimum atomic E-state index is -3.95. The molecule has 0 bridgehead atoms. The lowest BCUT2D eigenvalue weighted by atomic mass is 10.2. The van der Waals surface area contributed by atoms with E-state index in [1.165, 1.54) is 13.0 Å². The lowest BCUT2D eigenvalue weighted by Crippen LogP contribution is -2.43. The van der Waals surface area contributed by atoms with Crippen molar-refractivity contribution in [3.05, 3.63) is 59.4 Å². The molecule has 3 rings (SSSR count). The van der Waals surface area contributed by atoms with Gasteiger partial charge in [0.2, 0.25) is 0 Å². The van der Waals surface area contributed by atoms with E-state index >= 15 is 0 Å². The highest BCUT2D eigenvalue weighted by Crippen LogP contribution is 2.28. The van der Waals surface area contributed by atoms with Crippen molar-refractivity contribution in [3.63, 3.8) is 0 Å². The molecule has 1 aliphatic heterocycles. The number of nitrogens with one attached hydrogen (secondary N) is 1. The number of hydrogen-bond acceptors (Lipinski definition) is 6. The molecule has 28 heavy (non-hydrogen) atoms. The van der Waals surface area contributed by atoms with E-state index in [0.717, 1.165) is 17.7 Å². The molecule has 0 saturated carbocycles. The zero-order valence-corrected chi connectivity index (χ0v) is 17.2. The second-order valence-electron chi connectivity index (χ2n) is 6.91. The van der Waals surface area contributed by atoms with Crippen LogP contribution < -0.4 is 10.1 Å². The maximum Gasteiger partial charge on any atom is 0.184 e. The molecule has 0 aliphatic carbocycles.